The van der Waals surface area contributed by atoms with Crippen molar-refractivity contribution in [2.24, 2.45) is 0 Å². The zero-order valence-corrected chi connectivity index (χ0v) is 19.5. The molecular formula is C23H26ClN3O4S. The highest BCUT2D eigenvalue weighted by Crippen LogP contribution is 2.32. The summed E-state index contributed by atoms with van der Waals surface area (Å²) in [4.78, 5) is 12.8. The summed E-state index contributed by atoms with van der Waals surface area (Å²) in [5.74, 6) is -0.0424. The largest absolute Gasteiger partial charge is 0.495 e. The van der Waals surface area contributed by atoms with Gasteiger partial charge in [0.05, 0.1) is 36.1 Å². The topological polar surface area (TPSA) is 99.5 Å². The average molecular weight is 476 g/mol. The van der Waals surface area contributed by atoms with E-state index >= 15 is 0 Å². The molecule has 9 heteroatoms. The van der Waals surface area contributed by atoms with E-state index in [1.54, 1.807) is 24.3 Å². The molecule has 0 aromatic heterocycles. The lowest BCUT2D eigenvalue weighted by molar-refractivity contribution is -0.116. The van der Waals surface area contributed by atoms with Gasteiger partial charge < -0.3 is 10.1 Å². The molecule has 2 aromatic carbocycles. The Morgan fingerprint density at radius 2 is 1.88 bits per heavy atom. The van der Waals surface area contributed by atoms with Crippen molar-refractivity contribution in [3.8, 4) is 11.8 Å². The van der Waals surface area contributed by atoms with Crippen molar-refractivity contribution in [1.29, 1.82) is 5.26 Å². The number of nitrogens with one attached hydrogen (secondary N) is 1. The minimum absolute atomic E-state index is 0.0301. The summed E-state index contributed by atoms with van der Waals surface area (Å²) < 4.78 is 33.4. The van der Waals surface area contributed by atoms with Crippen LogP contribution < -0.4 is 10.1 Å². The first-order valence-electron chi connectivity index (χ1n) is 10.5. The molecule has 32 heavy (non-hydrogen) atoms. The summed E-state index contributed by atoms with van der Waals surface area (Å²) in [6.07, 6.45) is 4.59. The first-order valence-corrected chi connectivity index (χ1v) is 12.3. The van der Waals surface area contributed by atoms with Crippen molar-refractivity contribution in [2.45, 2.75) is 49.5 Å². The molecule has 0 heterocycles. The van der Waals surface area contributed by atoms with E-state index in [4.69, 9.17) is 21.6 Å². The first-order chi connectivity index (χ1) is 15.3. The van der Waals surface area contributed by atoms with Crippen LogP contribution in [0.1, 0.15) is 37.7 Å². The molecule has 1 saturated carbocycles. The van der Waals surface area contributed by atoms with E-state index in [0.29, 0.717) is 24.3 Å². The fraction of sp³-hybridized carbons (Fsp3) is 0.391. The van der Waals surface area contributed by atoms with Gasteiger partial charge in [0.2, 0.25) is 15.9 Å². The van der Waals surface area contributed by atoms with Crippen LogP contribution in [0.3, 0.4) is 0 Å². The molecule has 3 rings (SSSR count). The third-order valence-electron chi connectivity index (χ3n) is 5.53. The third kappa shape index (κ3) is 5.80. The van der Waals surface area contributed by atoms with E-state index in [1.165, 1.54) is 29.6 Å². The molecule has 0 radical (unpaired) electrons. The highest BCUT2D eigenvalue weighted by atomic mass is 35.5. The van der Waals surface area contributed by atoms with Crippen LogP contribution in [0.5, 0.6) is 5.75 Å². The maximum atomic E-state index is 13.5. The molecule has 0 saturated heterocycles. The highest BCUT2D eigenvalue weighted by Gasteiger charge is 2.34. The second kappa shape index (κ2) is 10.8. The maximum Gasteiger partial charge on any atom is 0.243 e. The van der Waals surface area contributed by atoms with Gasteiger partial charge in [-0.05, 0) is 48.7 Å². The van der Waals surface area contributed by atoms with Gasteiger partial charge in [0, 0.05) is 11.7 Å². The van der Waals surface area contributed by atoms with Crippen LogP contribution in [0, 0.1) is 11.3 Å². The van der Waals surface area contributed by atoms with E-state index in [-0.39, 0.29) is 28.9 Å². The van der Waals surface area contributed by atoms with Gasteiger partial charge in [-0.1, -0.05) is 43.0 Å². The van der Waals surface area contributed by atoms with Gasteiger partial charge in [-0.3, -0.25) is 4.79 Å². The van der Waals surface area contributed by atoms with Gasteiger partial charge in [0.15, 0.2) is 0 Å². The number of sulfonamides is 1. The SMILES string of the molecule is COc1ccc(S(=O)(=O)N(CC(=O)Nc2ccc(CC#N)cc2)C2CCCCC2)cc1Cl. The van der Waals surface area contributed by atoms with Crippen molar-refractivity contribution in [3.63, 3.8) is 0 Å². The predicted octanol–water partition coefficient (Wildman–Crippen LogP) is 4.38. The Morgan fingerprint density at radius 1 is 1.19 bits per heavy atom. The Kier molecular flexibility index (Phi) is 8.13. The number of nitrogens with zero attached hydrogens (tertiary/aromatic N) is 2. The van der Waals surface area contributed by atoms with Gasteiger partial charge in [-0.2, -0.15) is 9.57 Å². The van der Waals surface area contributed by atoms with Gasteiger partial charge >= 0.3 is 0 Å². The van der Waals surface area contributed by atoms with E-state index < -0.39 is 15.9 Å². The van der Waals surface area contributed by atoms with Gasteiger partial charge in [-0.15, -0.1) is 0 Å². The summed E-state index contributed by atoms with van der Waals surface area (Å²) in [5.41, 5.74) is 1.39. The number of rotatable bonds is 8. The summed E-state index contributed by atoms with van der Waals surface area (Å²) in [5, 5.41) is 11.7. The Hall–Kier alpha value is -2.60. The highest BCUT2D eigenvalue weighted by molar-refractivity contribution is 7.89. The van der Waals surface area contributed by atoms with Crippen molar-refractivity contribution in [3.05, 3.63) is 53.1 Å². The molecule has 1 fully saturated rings. The number of nitriles is 1. The summed E-state index contributed by atoms with van der Waals surface area (Å²) >= 11 is 6.17. The van der Waals surface area contributed by atoms with Gasteiger partial charge in [0.1, 0.15) is 5.75 Å². The predicted molar refractivity (Wildman–Crippen MR) is 123 cm³/mol. The lowest BCUT2D eigenvalue weighted by Crippen LogP contribution is -2.45. The number of hydrogen-bond acceptors (Lipinski definition) is 5. The molecule has 1 N–H and O–H groups in total. The zero-order chi connectivity index (χ0) is 23.1. The minimum atomic E-state index is -3.95. The van der Waals surface area contributed by atoms with Crippen LogP contribution in [0.25, 0.3) is 0 Å². The Labute approximate surface area is 194 Å². The number of benzene rings is 2. The number of methoxy groups -OCH3 is 1. The van der Waals surface area contributed by atoms with Crippen LogP contribution in [0.4, 0.5) is 5.69 Å². The molecule has 1 aliphatic carbocycles. The summed E-state index contributed by atoms with van der Waals surface area (Å²) in [6.45, 7) is -0.295. The van der Waals surface area contributed by atoms with E-state index in [2.05, 4.69) is 11.4 Å². The number of carbonyl (C=O) groups is 1. The Morgan fingerprint density at radius 3 is 2.47 bits per heavy atom. The molecule has 0 bridgehead atoms. The standard InChI is InChI=1S/C23H26ClN3O4S/c1-31-22-12-11-20(15-21(22)24)32(29,30)27(19-5-3-2-4-6-19)16-23(28)26-18-9-7-17(8-10-18)13-14-25/h7-12,15,19H,2-6,13,16H2,1H3,(H,26,28). The van der Waals surface area contributed by atoms with Gasteiger partial charge in [-0.25, -0.2) is 8.42 Å². The first kappa shape index (κ1) is 24.1. The number of halogens is 1. The number of anilines is 1. The lowest BCUT2D eigenvalue weighted by Gasteiger charge is -2.33. The number of hydrogen-bond donors (Lipinski definition) is 1. The fourth-order valence-electron chi connectivity index (χ4n) is 3.86. The van der Waals surface area contributed by atoms with E-state index in [1.807, 2.05) is 0 Å². The molecule has 0 spiro atoms. The molecule has 2 aromatic rings. The number of carbonyl (C=O) groups excluding carboxylic acids is 1. The molecular weight excluding hydrogens is 450 g/mol. The second-order valence-corrected chi connectivity index (χ2v) is 10.0. The molecule has 0 aliphatic heterocycles. The molecule has 7 nitrogen and oxygen atoms in total. The smallest absolute Gasteiger partial charge is 0.243 e. The number of amides is 1. The quantitative estimate of drug-likeness (QED) is 0.610. The van der Waals surface area contributed by atoms with Crippen molar-refractivity contribution in [1.82, 2.24) is 4.31 Å². The monoisotopic (exact) mass is 475 g/mol. The van der Waals surface area contributed by atoms with Crippen LogP contribution in [0.2, 0.25) is 5.02 Å². The molecule has 1 amide bonds. The average Bonchev–Trinajstić information content (AvgIpc) is 2.79. The van der Waals surface area contributed by atoms with Crippen LogP contribution in [0.15, 0.2) is 47.4 Å². The minimum Gasteiger partial charge on any atom is -0.495 e. The molecule has 170 valence electrons. The zero-order valence-electron chi connectivity index (χ0n) is 17.9. The molecule has 1 aliphatic rings. The number of ether oxygens (including phenoxy) is 1. The normalized spacial score (nSPS) is 14.7. The van der Waals surface area contributed by atoms with Crippen LogP contribution in [-0.4, -0.2) is 38.3 Å². The Bertz CT molecular complexity index is 1090. The molecule has 0 atom stereocenters. The molecule has 0 unspecified atom stereocenters. The maximum absolute atomic E-state index is 13.5. The van der Waals surface area contributed by atoms with Crippen molar-refractivity contribution >= 4 is 33.2 Å². The summed E-state index contributed by atoms with van der Waals surface area (Å²) in [6, 6.07) is 13.1. The fourth-order valence-corrected chi connectivity index (χ4v) is 5.85. The van der Waals surface area contributed by atoms with E-state index in [0.717, 1.165) is 24.8 Å². The van der Waals surface area contributed by atoms with Crippen LogP contribution in [-0.2, 0) is 21.2 Å². The van der Waals surface area contributed by atoms with Crippen molar-refractivity contribution in [2.75, 3.05) is 19.0 Å². The van der Waals surface area contributed by atoms with E-state index in [9.17, 15) is 13.2 Å². The second-order valence-electron chi connectivity index (χ2n) is 7.72. The lowest BCUT2D eigenvalue weighted by atomic mass is 9.95. The Balaban J connectivity index is 1.83. The summed E-state index contributed by atoms with van der Waals surface area (Å²) in [7, 11) is -2.49. The van der Waals surface area contributed by atoms with Crippen LogP contribution >= 0.6 is 11.6 Å². The van der Waals surface area contributed by atoms with Gasteiger partial charge in [0.25, 0.3) is 0 Å². The van der Waals surface area contributed by atoms with Crippen molar-refractivity contribution < 1.29 is 17.9 Å². The third-order valence-corrected chi connectivity index (χ3v) is 7.72.